The van der Waals surface area contributed by atoms with Crippen molar-refractivity contribution in [1.29, 1.82) is 0 Å². The minimum Gasteiger partial charge on any atom is -0.497 e. The van der Waals surface area contributed by atoms with Crippen LogP contribution < -0.4 is 9.47 Å². The van der Waals surface area contributed by atoms with E-state index in [4.69, 9.17) is 9.47 Å². The van der Waals surface area contributed by atoms with Gasteiger partial charge in [-0.2, -0.15) is 0 Å². The summed E-state index contributed by atoms with van der Waals surface area (Å²) < 4.78 is 10.5. The third-order valence-corrected chi connectivity index (χ3v) is 4.04. The normalized spacial score (nSPS) is 17.8. The Balaban J connectivity index is 2.50. The number of hydrogen-bond donors (Lipinski definition) is 1. The van der Waals surface area contributed by atoms with Crippen molar-refractivity contribution in [3.05, 3.63) is 23.8 Å². The van der Waals surface area contributed by atoms with E-state index in [1.54, 1.807) is 26.4 Å². The summed E-state index contributed by atoms with van der Waals surface area (Å²) in [6.07, 6.45) is 4.34. The zero-order valence-corrected chi connectivity index (χ0v) is 11.4. The molecule has 0 atom stereocenters. The number of hydrogen-bond acceptors (Lipinski definition) is 3. The average Bonchev–Trinajstić information content (AvgIpc) is 2.47. The van der Waals surface area contributed by atoms with Gasteiger partial charge in [0.2, 0.25) is 0 Å². The Morgan fingerprint density at radius 3 is 2.37 bits per heavy atom. The van der Waals surface area contributed by atoms with Gasteiger partial charge in [0.1, 0.15) is 11.5 Å². The lowest BCUT2D eigenvalue weighted by molar-refractivity contribution is -0.145. The molecule has 1 saturated carbocycles. The Morgan fingerprint density at radius 2 is 1.84 bits per heavy atom. The number of carboxylic acids is 1. The summed E-state index contributed by atoms with van der Waals surface area (Å²) in [6, 6.07) is 5.39. The molecule has 4 heteroatoms. The molecule has 0 amide bonds. The second kappa shape index (κ2) is 5.51. The third kappa shape index (κ3) is 2.39. The van der Waals surface area contributed by atoms with Gasteiger partial charge in [0.15, 0.2) is 0 Å². The van der Waals surface area contributed by atoms with E-state index in [-0.39, 0.29) is 0 Å². The molecule has 1 fully saturated rings. The van der Waals surface area contributed by atoms with Crippen molar-refractivity contribution < 1.29 is 19.4 Å². The molecule has 1 N–H and O–H groups in total. The first-order chi connectivity index (χ1) is 9.14. The highest BCUT2D eigenvalue weighted by Gasteiger charge is 2.43. The van der Waals surface area contributed by atoms with E-state index in [2.05, 4.69) is 0 Å². The first-order valence-electron chi connectivity index (χ1n) is 6.60. The van der Waals surface area contributed by atoms with Crippen LogP contribution in [-0.4, -0.2) is 25.3 Å². The van der Waals surface area contributed by atoms with E-state index < -0.39 is 11.4 Å². The predicted octanol–water partition coefficient (Wildman–Crippen LogP) is 2.99. The molecule has 1 aliphatic carbocycles. The average molecular weight is 264 g/mol. The maximum Gasteiger partial charge on any atom is 0.314 e. The lowest BCUT2D eigenvalue weighted by Gasteiger charge is -2.34. The van der Waals surface area contributed by atoms with E-state index in [0.29, 0.717) is 24.3 Å². The SMILES string of the molecule is COc1ccc(C2(C(=O)O)CCCCC2)c(OC)c1. The van der Waals surface area contributed by atoms with Gasteiger partial charge in [-0.05, 0) is 18.9 Å². The maximum atomic E-state index is 11.8. The van der Waals surface area contributed by atoms with Crippen molar-refractivity contribution in [3.63, 3.8) is 0 Å². The van der Waals surface area contributed by atoms with Crippen LogP contribution in [0.4, 0.5) is 0 Å². The summed E-state index contributed by atoms with van der Waals surface area (Å²) in [5, 5.41) is 9.70. The van der Waals surface area contributed by atoms with Crippen LogP contribution in [0.1, 0.15) is 37.7 Å². The van der Waals surface area contributed by atoms with E-state index in [1.807, 2.05) is 6.07 Å². The fraction of sp³-hybridized carbons (Fsp3) is 0.533. The van der Waals surface area contributed by atoms with Gasteiger partial charge in [-0.3, -0.25) is 4.79 Å². The summed E-state index contributed by atoms with van der Waals surface area (Å²) in [6.45, 7) is 0. The van der Waals surface area contributed by atoms with Crippen LogP contribution in [0.15, 0.2) is 18.2 Å². The fourth-order valence-corrected chi connectivity index (χ4v) is 2.95. The Morgan fingerprint density at radius 1 is 1.16 bits per heavy atom. The molecule has 0 unspecified atom stereocenters. The van der Waals surface area contributed by atoms with Gasteiger partial charge in [-0.25, -0.2) is 0 Å². The monoisotopic (exact) mass is 264 g/mol. The lowest BCUT2D eigenvalue weighted by atomic mass is 9.69. The Hall–Kier alpha value is -1.71. The Labute approximate surface area is 113 Å². The van der Waals surface area contributed by atoms with Crippen molar-refractivity contribution >= 4 is 5.97 Å². The van der Waals surface area contributed by atoms with E-state index in [1.165, 1.54) is 0 Å². The number of ether oxygens (including phenoxy) is 2. The van der Waals surface area contributed by atoms with Crippen LogP contribution in [0.3, 0.4) is 0 Å². The maximum absolute atomic E-state index is 11.8. The molecule has 0 saturated heterocycles. The molecule has 19 heavy (non-hydrogen) atoms. The van der Waals surface area contributed by atoms with Crippen LogP contribution >= 0.6 is 0 Å². The fourth-order valence-electron chi connectivity index (χ4n) is 2.95. The summed E-state index contributed by atoms with van der Waals surface area (Å²) in [5.41, 5.74) is -0.0430. The lowest BCUT2D eigenvalue weighted by Crippen LogP contribution is -2.38. The molecule has 104 valence electrons. The quantitative estimate of drug-likeness (QED) is 0.908. The highest BCUT2D eigenvalue weighted by atomic mass is 16.5. The molecule has 1 aliphatic rings. The molecule has 0 aromatic heterocycles. The van der Waals surface area contributed by atoms with Gasteiger partial charge < -0.3 is 14.6 Å². The largest absolute Gasteiger partial charge is 0.497 e. The van der Waals surface area contributed by atoms with Gasteiger partial charge in [-0.15, -0.1) is 0 Å². The number of benzene rings is 1. The van der Waals surface area contributed by atoms with Gasteiger partial charge >= 0.3 is 5.97 Å². The van der Waals surface area contributed by atoms with Crippen molar-refractivity contribution in [3.8, 4) is 11.5 Å². The van der Waals surface area contributed by atoms with Crippen LogP contribution in [-0.2, 0) is 10.2 Å². The standard InChI is InChI=1S/C15H20O4/c1-18-11-6-7-12(13(10-11)19-2)15(14(16)17)8-4-3-5-9-15/h6-7,10H,3-5,8-9H2,1-2H3,(H,16,17). The van der Waals surface area contributed by atoms with Crippen molar-refractivity contribution in [1.82, 2.24) is 0 Å². The Kier molecular flexibility index (Phi) is 3.98. The summed E-state index contributed by atoms with van der Waals surface area (Å²) in [5.74, 6) is 0.524. The van der Waals surface area contributed by atoms with Gasteiger partial charge in [0.25, 0.3) is 0 Å². The molecule has 0 aliphatic heterocycles. The van der Waals surface area contributed by atoms with Crippen molar-refractivity contribution in [2.75, 3.05) is 14.2 Å². The second-order valence-corrected chi connectivity index (χ2v) is 5.01. The van der Waals surface area contributed by atoms with Crippen LogP contribution in [0.2, 0.25) is 0 Å². The second-order valence-electron chi connectivity index (χ2n) is 5.01. The minimum atomic E-state index is -0.810. The summed E-state index contributed by atoms with van der Waals surface area (Å²) in [4.78, 5) is 11.8. The number of rotatable bonds is 4. The molecule has 0 radical (unpaired) electrons. The summed E-state index contributed by atoms with van der Waals surface area (Å²) >= 11 is 0. The first kappa shape index (κ1) is 13.7. The molecular weight excluding hydrogens is 244 g/mol. The van der Waals surface area contributed by atoms with Gasteiger partial charge in [-0.1, -0.05) is 25.3 Å². The number of aliphatic carboxylic acids is 1. The predicted molar refractivity (Wildman–Crippen MR) is 71.9 cm³/mol. The van der Waals surface area contributed by atoms with Gasteiger partial charge in [0.05, 0.1) is 19.6 Å². The third-order valence-electron chi connectivity index (χ3n) is 4.04. The minimum absolute atomic E-state index is 0.601. The van der Waals surface area contributed by atoms with E-state index in [0.717, 1.165) is 24.8 Å². The van der Waals surface area contributed by atoms with Crippen LogP contribution in [0.25, 0.3) is 0 Å². The number of methoxy groups -OCH3 is 2. The van der Waals surface area contributed by atoms with Crippen LogP contribution in [0.5, 0.6) is 11.5 Å². The highest BCUT2D eigenvalue weighted by Crippen LogP contribution is 2.44. The number of carbonyl (C=O) groups is 1. The smallest absolute Gasteiger partial charge is 0.314 e. The zero-order valence-electron chi connectivity index (χ0n) is 11.4. The van der Waals surface area contributed by atoms with Crippen LogP contribution in [0, 0.1) is 0 Å². The van der Waals surface area contributed by atoms with Crippen molar-refractivity contribution in [2.45, 2.75) is 37.5 Å². The molecule has 1 aromatic rings. The molecule has 0 heterocycles. The molecular formula is C15H20O4. The highest BCUT2D eigenvalue weighted by molar-refractivity contribution is 5.82. The van der Waals surface area contributed by atoms with Gasteiger partial charge in [0, 0.05) is 11.6 Å². The first-order valence-corrected chi connectivity index (χ1v) is 6.60. The molecule has 0 spiro atoms. The Bertz CT molecular complexity index is 461. The molecule has 1 aromatic carbocycles. The van der Waals surface area contributed by atoms with E-state index >= 15 is 0 Å². The molecule has 4 nitrogen and oxygen atoms in total. The number of carboxylic acid groups (broad SMARTS) is 1. The summed E-state index contributed by atoms with van der Waals surface area (Å²) in [7, 11) is 3.15. The zero-order chi connectivity index (χ0) is 13.9. The van der Waals surface area contributed by atoms with Crippen molar-refractivity contribution in [2.24, 2.45) is 0 Å². The molecule has 0 bridgehead atoms. The van der Waals surface area contributed by atoms with E-state index in [9.17, 15) is 9.90 Å². The molecule has 2 rings (SSSR count). The topological polar surface area (TPSA) is 55.8 Å².